The van der Waals surface area contributed by atoms with Gasteiger partial charge in [0.05, 0.1) is 5.41 Å². The molecule has 1 heterocycles. The summed E-state index contributed by atoms with van der Waals surface area (Å²) >= 11 is 0. The van der Waals surface area contributed by atoms with E-state index in [-0.39, 0.29) is 17.2 Å². The molecule has 0 aromatic heterocycles. The van der Waals surface area contributed by atoms with Crippen molar-refractivity contribution in [3.63, 3.8) is 0 Å². The summed E-state index contributed by atoms with van der Waals surface area (Å²) in [6, 6.07) is -0.111. The Labute approximate surface area is 108 Å². The fourth-order valence-electron chi connectivity index (χ4n) is 2.24. The molecule has 2 aliphatic rings. The van der Waals surface area contributed by atoms with Crippen molar-refractivity contribution in [3.8, 4) is 0 Å². The minimum absolute atomic E-state index is 0.0202. The lowest BCUT2D eigenvalue weighted by Crippen LogP contribution is -2.54. The predicted octanol–water partition coefficient (Wildman–Crippen LogP) is 0.159. The van der Waals surface area contributed by atoms with E-state index in [1.165, 1.54) is 0 Å². The quantitative estimate of drug-likeness (QED) is 0.668. The van der Waals surface area contributed by atoms with Gasteiger partial charge in [-0.3, -0.25) is 9.59 Å². The summed E-state index contributed by atoms with van der Waals surface area (Å²) in [4.78, 5) is 24.0. The summed E-state index contributed by atoms with van der Waals surface area (Å²) in [5.74, 6) is -0.0913. The molecule has 2 unspecified atom stereocenters. The van der Waals surface area contributed by atoms with Crippen molar-refractivity contribution in [1.82, 2.24) is 16.0 Å². The van der Waals surface area contributed by atoms with Gasteiger partial charge in [-0.1, -0.05) is 0 Å². The van der Waals surface area contributed by atoms with Crippen LogP contribution in [0.15, 0.2) is 0 Å². The average molecular weight is 253 g/mol. The van der Waals surface area contributed by atoms with Crippen molar-refractivity contribution in [2.45, 2.75) is 51.6 Å². The topological polar surface area (TPSA) is 70.2 Å². The first-order chi connectivity index (χ1) is 8.51. The Balaban J connectivity index is 1.83. The Bertz CT molecular complexity index is 333. The van der Waals surface area contributed by atoms with Crippen molar-refractivity contribution >= 4 is 11.8 Å². The normalized spacial score (nSPS) is 29.4. The van der Waals surface area contributed by atoms with Crippen LogP contribution in [0.3, 0.4) is 0 Å². The molecule has 0 radical (unpaired) electrons. The minimum Gasteiger partial charge on any atom is -0.352 e. The summed E-state index contributed by atoms with van der Waals surface area (Å²) in [7, 11) is 0. The molecule has 2 atom stereocenters. The van der Waals surface area contributed by atoms with Crippen molar-refractivity contribution in [2.75, 3.05) is 13.1 Å². The number of carbonyl (C=O) groups excluding carboxylic acids is 2. The van der Waals surface area contributed by atoms with E-state index in [1.54, 1.807) is 6.92 Å². The second kappa shape index (κ2) is 5.26. The van der Waals surface area contributed by atoms with E-state index >= 15 is 0 Å². The van der Waals surface area contributed by atoms with Crippen LogP contribution in [0, 0.1) is 5.41 Å². The highest BCUT2D eigenvalue weighted by Crippen LogP contribution is 2.25. The van der Waals surface area contributed by atoms with Gasteiger partial charge >= 0.3 is 0 Å². The molecule has 5 heteroatoms. The molecule has 1 saturated carbocycles. The number of piperidine rings is 1. The Morgan fingerprint density at radius 1 is 1.39 bits per heavy atom. The third kappa shape index (κ3) is 3.22. The minimum atomic E-state index is -0.447. The van der Waals surface area contributed by atoms with E-state index in [4.69, 9.17) is 0 Å². The zero-order chi connectivity index (χ0) is 13.2. The molecule has 2 amide bonds. The largest absolute Gasteiger partial charge is 0.352 e. The number of hydrogen-bond acceptors (Lipinski definition) is 3. The highest BCUT2D eigenvalue weighted by molar-refractivity contribution is 5.90. The molecule has 0 spiro atoms. The lowest BCUT2D eigenvalue weighted by atomic mass is 9.82. The van der Waals surface area contributed by atoms with Crippen LogP contribution >= 0.6 is 0 Å². The van der Waals surface area contributed by atoms with Gasteiger partial charge in [0, 0.05) is 12.6 Å². The monoisotopic (exact) mass is 253 g/mol. The Hall–Kier alpha value is -1.10. The van der Waals surface area contributed by atoms with Crippen LogP contribution < -0.4 is 16.0 Å². The predicted molar refractivity (Wildman–Crippen MR) is 69.0 cm³/mol. The Morgan fingerprint density at radius 3 is 2.67 bits per heavy atom. The third-order valence-corrected chi connectivity index (χ3v) is 3.81. The summed E-state index contributed by atoms with van der Waals surface area (Å²) < 4.78 is 0. The van der Waals surface area contributed by atoms with Gasteiger partial charge in [0.1, 0.15) is 6.04 Å². The molecule has 5 nitrogen and oxygen atoms in total. The highest BCUT2D eigenvalue weighted by atomic mass is 16.2. The van der Waals surface area contributed by atoms with E-state index < -0.39 is 6.04 Å². The van der Waals surface area contributed by atoms with Gasteiger partial charge in [0.25, 0.3) is 0 Å². The van der Waals surface area contributed by atoms with Gasteiger partial charge in [0.2, 0.25) is 11.8 Å². The SMILES string of the molecule is CC(NC(=O)C1(C)CCCNC1)C(=O)NC1CC1. The molecule has 18 heavy (non-hydrogen) atoms. The van der Waals surface area contributed by atoms with Crippen LogP contribution in [0.2, 0.25) is 0 Å². The first kappa shape index (κ1) is 13.3. The zero-order valence-electron chi connectivity index (χ0n) is 11.2. The zero-order valence-corrected chi connectivity index (χ0v) is 11.2. The van der Waals surface area contributed by atoms with E-state index in [9.17, 15) is 9.59 Å². The van der Waals surface area contributed by atoms with Crippen LogP contribution in [-0.4, -0.2) is 37.0 Å². The van der Waals surface area contributed by atoms with Gasteiger partial charge in [-0.15, -0.1) is 0 Å². The van der Waals surface area contributed by atoms with E-state index in [2.05, 4.69) is 16.0 Å². The third-order valence-electron chi connectivity index (χ3n) is 3.81. The molecular formula is C13H23N3O2. The van der Waals surface area contributed by atoms with Crippen molar-refractivity contribution in [2.24, 2.45) is 5.41 Å². The Kier molecular flexibility index (Phi) is 3.90. The van der Waals surface area contributed by atoms with E-state index in [0.717, 1.165) is 32.2 Å². The molecule has 1 saturated heterocycles. The van der Waals surface area contributed by atoms with E-state index in [0.29, 0.717) is 12.6 Å². The first-order valence-corrected chi connectivity index (χ1v) is 6.83. The molecule has 2 fully saturated rings. The second-order valence-corrected chi connectivity index (χ2v) is 5.82. The summed E-state index contributed by atoms with van der Waals surface area (Å²) in [6.45, 7) is 5.37. The van der Waals surface area contributed by atoms with Gasteiger partial charge in [-0.05, 0) is 46.1 Å². The Morgan fingerprint density at radius 2 is 2.11 bits per heavy atom. The fraction of sp³-hybridized carbons (Fsp3) is 0.846. The number of nitrogens with one attached hydrogen (secondary N) is 3. The van der Waals surface area contributed by atoms with Crippen molar-refractivity contribution in [3.05, 3.63) is 0 Å². The molecule has 0 bridgehead atoms. The average Bonchev–Trinajstić information content (AvgIpc) is 3.13. The second-order valence-electron chi connectivity index (χ2n) is 5.82. The van der Waals surface area contributed by atoms with Crippen LogP contribution in [-0.2, 0) is 9.59 Å². The smallest absolute Gasteiger partial charge is 0.242 e. The van der Waals surface area contributed by atoms with Gasteiger partial charge < -0.3 is 16.0 Å². The van der Waals surface area contributed by atoms with Crippen molar-refractivity contribution in [1.29, 1.82) is 0 Å². The maximum atomic E-state index is 12.2. The maximum absolute atomic E-state index is 12.2. The molecule has 3 N–H and O–H groups in total. The van der Waals surface area contributed by atoms with Crippen LogP contribution in [0.4, 0.5) is 0 Å². The number of carbonyl (C=O) groups is 2. The fourth-order valence-corrected chi connectivity index (χ4v) is 2.24. The molecule has 2 rings (SSSR count). The molecule has 0 aromatic carbocycles. The van der Waals surface area contributed by atoms with Crippen LogP contribution in [0.25, 0.3) is 0 Å². The number of rotatable bonds is 4. The van der Waals surface area contributed by atoms with Gasteiger partial charge in [0.15, 0.2) is 0 Å². The molecule has 0 aromatic rings. The summed E-state index contributed by atoms with van der Waals surface area (Å²) in [5.41, 5.74) is -0.383. The molecule has 1 aliphatic heterocycles. The summed E-state index contributed by atoms with van der Waals surface area (Å²) in [5, 5.41) is 8.98. The molecule has 1 aliphatic carbocycles. The lowest BCUT2D eigenvalue weighted by Gasteiger charge is -2.33. The number of hydrogen-bond donors (Lipinski definition) is 3. The number of amides is 2. The molecular weight excluding hydrogens is 230 g/mol. The standard InChI is InChI=1S/C13H23N3O2/c1-9(11(17)16-10-4-5-10)15-12(18)13(2)6-3-7-14-8-13/h9-10,14H,3-8H2,1-2H3,(H,15,18)(H,16,17). The van der Waals surface area contributed by atoms with Gasteiger partial charge in [-0.2, -0.15) is 0 Å². The lowest BCUT2D eigenvalue weighted by molar-refractivity contribution is -0.135. The maximum Gasteiger partial charge on any atom is 0.242 e. The molecule has 102 valence electrons. The van der Waals surface area contributed by atoms with Gasteiger partial charge in [-0.25, -0.2) is 0 Å². The highest BCUT2D eigenvalue weighted by Gasteiger charge is 2.36. The summed E-state index contributed by atoms with van der Waals surface area (Å²) in [6.07, 6.45) is 4.01. The first-order valence-electron chi connectivity index (χ1n) is 6.83. The van der Waals surface area contributed by atoms with E-state index in [1.807, 2.05) is 6.92 Å². The van der Waals surface area contributed by atoms with Crippen LogP contribution in [0.5, 0.6) is 0 Å². The van der Waals surface area contributed by atoms with Crippen molar-refractivity contribution < 1.29 is 9.59 Å². The van der Waals surface area contributed by atoms with Crippen LogP contribution in [0.1, 0.15) is 39.5 Å².